The van der Waals surface area contributed by atoms with Crippen LogP contribution in [0, 0.1) is 0 Å². The van der Waals surface area contributed by atoms with E-state index in [0.717, 1.165) is 0 Å². The largest absolute Gasteiger partial charge is 0.344 e. The number of carbonyl (C=O) groups excluding carboxylic acids is 1. The van der Waals surface area contributed by atoms with Gasteiger partial charge in [-0.25, -0.2) is 0 Å². The van der Waals surface area contributed by atoms with Gasteiger partial charge in [-0.2, -0.15) is 0 Å². The maximum atomic E-state index is 12.5. The van der Waals surface area contributed by atoms with Gasteiger partial charge in [-0.1, -0.05) is 0 Å². The zero-order valence-electron chi connectivity index (χ0n) is 16.4. The van der Waals surface area contributed by atoms with Crippen LogP contribution in [0.4, 0.5) is 0 Å². The highest BCUT2D eigenvalue weighted by Crippen LogP contribution is 2.51. The van der Waals surface area contributed by atoms with Gasteiger partial charge in [-0.3, -0.25) is 23.4 Å². The molecule has 162 valence electrons. The maximum Gasteiger partial charge on any atom is 0.344 e. The van der Waals surface area contributed by atoms with E-state index in [1.54, 1.807) is 0 Å². The molecular weight excluding hydrogens is 425 g/mol. The van der Waals surface area contributed by atoms with Crippen molar-refractivity contribution in [2.45, 2.75) is 0 Å². The summed E-state index contributed by atoms with van der Waals surface area (Å²) in [6.45, 7) is -0.127. The lowest BCUT2D eigenvalue weighted by atomic mass is 10.6. The second-order valence-corrected chi connectivity index (χ2v) is 12.0. The van der Waals surface area contributed by atoms with Crippen LogP contribution in [-0.4, -0.2) is 90.8 Å². The zero-order chi connectivity index (χ0) is 21.1. The summed E-state index contributed by atoms with van der Waals surface area (Å²) in [5, 5.41) is 0. The molecule has 0 aliphatic carbocycles. The molecule has 0 bridgehead atoms. The van der Waals surface area contributed by atoms with Crippen molar-refractivity contribution in [3.8, 4) is 0 Å². The fourth-order valence-electron chi connectivity index (χ4n) is 1.93. The predicted molar refractivity (Wildman–Crippen MR) is 99.0 cm³/mol. The first kappa shape index (κ1) is 26.9. The van der Waals surface area contributed by atoms with Crippen LogP contribution in [0.1, 0.15) is 0 Å². The first-order valence-electron chi connectivity index (χ1n) is 7.62. The van der Waals surface area contributed by atoms with Crippen molar-refractivity contribution in [3.05, 3.63) is 0 Å². The Kier molecular flexibility index (Phi) is 12.4. The van der Waals surface area contributed by atoms with Gasteiger partial charge in [0.25, 0.3) is 0 Å². The summed E-state index contributed by atoms with van der Waals surface area (Å²) in [5.41, 5.74) is 0. The minimum Gasteiger partial charge on any atom is -0.332 e. The second kappa shape index (κ2) is 12.4. The maximum absolute atomic E-state index is 12.5. The summed E-state index contributed by atoms with van der Waals surface area (Å²) < 4.78 is 66.3. The molecule has 0 fully saturated rings. The van der Waals surface area contributed by atoms with Crippen LogP contribution >= 0.6 is 22.8 Å². The van der Waals surface area contributed by atoms with E-state index in [1.807, 2.05) is 0 Å². The van der Waals surface area contributed by atoms with Gasteiger partial charge in [0, 0.05) is 49.2 Å². The molecule has 0 N–H and O–H groups in total. The molecule has 0 spiro atoms. The normalized spacial score (nSPS) is 13.1. The van der Waals surface area contributed by atoms with E-state index in [-0.39, 0.29) is 31.9 Å². The van der Waals surface area contributed by atoms with Gasteiger partial charge in [0.05, 0.1) is 12.8 Å². The highest BCUT2D eigenvalue weighted by molar-refractivity contribution is 7.54. The molecule has 12 nitrogen and oxygen atoms in total. The molecule has 0 atom stereocenters. The fraction of sp³-hybridized carbons (Fsp3) is 0.917. The summed E-state index contributed by atoms with van der Waals surface area (Å²) in [5.74, 6) is 0. The minimum atomic E-state index is -3.53. The molecule has 0 rings (SSSR count). The van der Waals surface area contributed by atoms with E-state index < -0.39 is 22.8 Å². The van der Waals surface area contributed by atoms with Gasteiger partial charge in [0.15, 0.2) is 0 Å². The average molecular weight is 454 g/mol. The summed E-state index contributed by atoms with van der Waals surface area (Å²) in [6, 6.07) is 0. The van der Waals surface area contributed by atoms with Crippen molar-refractivity contribution in [1.29, 1.82) is 0 Å². The van der Waals surface area contributed by atoms with Crippen LogP contribution in [0.25, 0.3) is 0 Å². The fourth-order valence-corrected chi connectivity index (χ4v) is 5.22. The van der Waals surface area contributed by atoms with Gasteiger partial charge in [-0.05, 0) is 0 Å². The molecular formula is C12H29N2O10P3. The number of nitrogens with zero attached hydrogens (tertiary/aromatic N) is 2. The van der Waals surface area contributed by atoms with Crippen molar-refractivity contribution >= 4 is 29.2 Å². The minimum absolute atomic E-state index is 0.00743. The van der Waals surface area contributed by atoms with Crippen molar-refractivity contribution in [2.24, 2.45) is 0 Å². The van der Waals surface area contributed by atoms with E-state index in [0.29, 0.717) is 6.41 Å². The molecule has 0 saturated heterocycles. The molecule has 0 unspecified atom stereocenters. The number of hydrogen-bond donors (Lipinski definition) is 0. The molecule has 0 aliphatic heterocycles. The Labute approximate surface area is 160 Å². The van der Waals surface area contributed by atoms with Crippen LogP contribution in [0.5, 0.6) is 0 Å². The summed E-state index contributed by atoms with van der Waals surface area (Å²) in [4.78, 5) is 14.0. The Morgan fingerprint density at radius 2 is 1.07 bits per heavy atom. The van der Waals surface area contributed by atoms with Crippen LogP contribution in [0.15, 0.2) is 0 Å². The molecule has 0 heterocycles. The number of rotatable bonds is 16. The van der Waals surface area contributed by atoms with E-state index in [4.69, 9.17) is 27.1 Å². The van der Waals surface area contributed by atoms with E-state index in [9.17, 15) is 18.5 Å². The zero-order valence-corrected chi connectivity index (χ0v) is 19.1. The first-order chi connectivity index (χ1) is 12.6. The first-order valence-corrected chi connectivity index (χ1v) is 12.8. The topological polar surface area (TPSA) is 130 Å². The average Bonchev–Trinajstić information content (AvgIpc) is 2.70. The molecule has 0 aromatic carbocycles. The van der Waals surface area contributed by atoms with Crippen molar-refractivity contribution in [3.63, 3.8) is 0 Å². The standard InChI is InChI=1S/C12H29N2O10P3/c1-19-25(16,20-2)8-7-13(10-15)9-14(11-26(17,21-3)22-4)12-27(18,23-5)24-6/h10H,7-9,11-12H2,1-6H3. The Balaban J connectivity index is 5.34. The van der Waals surface area contributed by atoms with Crippen LogP contribution in [0.2, 0.25) is 0 Å². The van der Waals surface area contributed by atoms with E-state index in [2.05, 4.69) is 0 Å². The summed E-state index contributed by atoms with van der Waals surface area (Å²) in [7, 11) is -3.07. The smallest absolute Gasteiger partial charge is 0.332 e. The molecule has 0 saturated carbocycles. The Hall–Kier alpha value is -0.120. The SMILES string of the molecule is COP(=O)(CCN(C=O)CN(CP(=O)(OC)OC)CP(=O)(OC)OC)OC. The Bertz CT molecular complexity index is 538. The number of carbonyl (C=O) groups is 1. The van der Waals surface area contributed by atoms with Crippen molar-refractivity contribution < 1.29 is 45.6 Å². The number of amides is 1. The second-order valence-electron chi connectivity index (χ2n) is 5.16. The summed E-state index contributed by atoms with van der Waals surface area (Å²) >= 11 is 0. The molecule has 0 radical (unpaired) electrons. The van der Waals surface area contributed by atoms with E-state index >= 15 is 0 Å². The van der Waals surface area contributed by atoms with Gasteiger partial charge in [0.1, 0.15) is 12.6 Å². The molecule has 0 aliphatic rings. The van der Waals surface area contributed by atoms with E-state index in [1.165, 1.54) is 52.5 Å². The molecule has 0 aromatic heterocycles. The third kappa shape index (κ3) is 9.28. The lowest BCUT2D eigenvalue weighted by Gasteiger charge is -2.31. The highest BCUT2D eigenvalue weighted by atomic mass is 31.2. The predicted octanol–water partition coefficient (Wildman–Crippen LogP) is 2.08. The molecule has 0 aromatic rings. The lowest BCUT2D eigenvalue weighted by Crippen LogP contribution is -2.40. The van der Waals surface area contributed by atoms with Gasteiger partial charge >= 0.3 is 22.8 Å². The molecule has 15 heteroatoms. The Morgan fingerprint density at radius 1 is 0.704 bits per heavy atom. The van der Waals surface area contributed by atoms with Crippen LogP contribution in [-0.2, 0) is 45.6 Å². The van der Waals surface area contributed by atoms with Crippen LogP contribution in [0.3, 0.4) is 0 Å². The Morgan fingerprint density at radius 3 is 1.37 bits per heavy atom. The van der Waals surface area contributed by atoms with Crippen LogP contribution < -0.4 is 0 Å². The van der Waals surface area contributed by atoms with Gasteiger partial charge in [0.2, 0.25) is 6.41 Å². The van der Waals surface area contributed by atoms with Gasteiger partial charge < -0.3 is 32.0 Å². The van der Waals surface area contributed by atoms with Crippen molar-refractivity contribution in [1.82, 2.24) is 9.80 Å². The lowest BCUT2D eigenvalue weighted by molar-refractivity contribution is -0.119. The number of hydrogen-bond acceptors (Lipinski definition) is 11. The molecule has 27 heavy (non-hydrogen) atoms. The van der Waals surface area contributed by atoms with Crippen molar-refractivity contribution in [2.75, 3.05) is 74.6 Å². The third-order valence-electron chi connectivity index (χ3n) is 3.61. The van der Waals surface area contributed by atoms with Gasteiger partial charge in [-0.15, -0.1) is 0 Å². The third-order valence-corrected chi connectivity index (χ3v) is 9.19. The monoisotopic (exact) mass is 454 g/mol. The highest BCUT2D eigenvalue weighted by Gasteiger charge is 2.33. The molecule has 1 amide bonds. The quantitative estimate of drug-likeness (QED) is 0.193. The summed E-state index contributed by atoms with van der Waals surface area (Å²) in [6.07, 6.45) is -0.136.